The van der Waals surface area contributed by atoms with E-state index in [0.717, 1.165) is 0 Å². The van der Waals surface area contributed by atoms with Gasteiger partial charge in [0.1, 0.15) is 5.02 Å². The summed E-state index contributed by atoms with van der Waals surface area (Å²) in [6, 6.07) is 1.49. The summed E-state index contributed by atoms with van der Waals surface area (Å²) in [5.74, 6) is -0.254. The second-order valence-electron chi connectivity index (χ2n) is 2.40. The highest BCUT2D eigenvalue weighted by Crippen LogP contribution is 2.25. The van der Waals surface area contributed by atoms with Crippen molar-refractivity contribution in [2.24, 2.45) is 0 Å². The van der Waals surface area contributed by atoms with Gasteiger partial charge in [-0.15, -0.1) is 0 Å². The standard InChI is InChI=1S/C9H10ClNO3/c1-3-14-9(12)6-4-5-11-8(13-2)7(6)10/h4-5H,3H2,1-2H3. The van der Waals surface area contributed by atoms with Gasteiger partial charge in [-0.05, 0) is 13.0 Å². The average molecular weight is 216 g/mol. The lowest BCUT2D eigenvalue weighted by atomic mass is 10.2. The molecule has 0 aliphatic rings. The van der Waals surface area contributed by atoms with E-state index in [0.29, 0.717) is 6.61 Å². The van der Waals surface area contributed by atoms with E-state index in [2.05, 4.69) is 4.98 Å². The van der Waals surface area contributed by atoms with Crippen LogP contribution in [0.25, 0.3) is 0 Å². The Hall–Kier alpha value is -1.29. The molecule has 1 rings (SSSR count). The maximum atomic E-state index is 11.3. The maximum absolute atomic E-state index is 11.3. The molecule has 0 aromatic carbocycles. The van der Waals surface area contributed by atoms with Crippen LogP contribution in [-0.4, -0.2) is 24.7 Å². The Labute approximate surface area is 86.8 Å². The van der Waals surface area contributed by atoms with Crippen molar-refractivity contribution in [3.63, 3.8) is 0 Å². The Morgan fingerprint density at radius 2 is 2.36 bits per heavy atom. The first-order valence-electron chi connectivity index (χ1n) is 4.06. The second-order valence-corrected chi connectivity index (χ2v) is 2.78. The molecule has 0 aliphatic heterocycles. The van der Waals surface area contributed by atoms with E-state index < -0.39 is 5.97 Å². The SMILES string of the molecule is CCOC(=O)c1ccnc(OC)c1Cl. The first-order valence-corrected chi connectivity index (χ1v) is 4.44. The van der Waals surface area contributed by atoms with Crippen LogP contribution in [0.5, 0.6) is 5.88 Å². The van der Waals surface area contributed by atoms with Crippen molar-refractivity contribution in [1.82, 2.24) is 4.98 Å². The zero-order valence-electron chi connectivity index (χ0n) is 7.91. The van der Waals surface area contributed by atoms with Gasteiger partial charge in [0.15, 0.2) is 0 Å². The summed E-state index contributed by atoms with van der Waals surface area (Å²) in [7, 11) is 1.43. The van der Waals surface area contributed by atoms with Crippen LogP contribution in [0.4, 0.5) is 0 Å². The minimum Gasteiger partial charge on any atom is -0.480 e. The molecule has 0 atom stereocenters. The second kappa shape index (κ2) is 4.81. The van der Waals surface area contributed by atoms with Gasteiger partial charge in [-0.1, -0.05) is 11.6 Å². The fourth-order valence-electron chi connectivity index (χ4n) is 0.933. The van der Waals surface area contributed by atoms with Crippen molar-refractivity contribution >= 4 is 17.6 Å². The van der Waals surface area contributed by atoms with Crippen molar-refractivity contribution < 1.29 is 14.3 Å². The number of esters is 1. The minimum atomic E-state index is -0.474. The summed E-state index contributed by atoms with van der Waals surface area (Å²) < 4.78 is 9.66. The molecular formula is C9H10ClNO3. The van der Waals surface area contributed by atoms with E-state index in [1.807, 2.05) is 0 Å². The molecule has 76 valence electrons. The highest BCUT2D eigenvalue weighted by atomic mass is 35.5. The fraction of sp³-hybridized carbons (Fsp3) is 0.333. The lowest BCUT2D eigenvalue weighted by molar-refractivity contribution is 0.0526. The third kappa shape index (κ3) is 2.14. The molecule has 0 unspecified atom stereocenters. The van der Waals surface area contributed by atoms with Crippen LogP contribution in [0.15, 0.2) is 12.3 Å². The van der Waals surface area contributed by atoms with Gasteiger partial charge in [0, 0.05) is 6.20 Å². The summed E-state index contributed by atoms with van der Waals surface area (Å²) >= 11 is 5.85. The van der Waals surface area contributed by atoms with Crippen LogP contribution in [0.3, 0.4) is 0 Å². The molecule has 5 heteroatoms. The zero-order valence-corrected chi connectivity index (χ0v) is 8.67. The Balaban J connectivity index is 3.03. The smallest absolute Gasteiger partial charge is 0.339 e. The summed E-state index contributed by atoms with van der Waals surface area (Å²) in [5.41, 5.74) is 0.264. The van der Waals surface area contributed by atoms with Crippen molar-refractivity contribution in [2.45, 2.75) is 6.92 Å². The highest BCUT2D eigenvalue weighted by Gasteiger charge is 2.15. The molecule has 4 nitrogen and oxygen atoms in total. The Bertz CT molecular complexity index is 341. The van der Waals surface area contributed by atoms with Crippen LogP contribution in [0, 0.1) is 0 Å². The maximum Gasteiger partial charge on any atom is 0.339 e. The van der Waals surface area contributed by atoms with Crippen molar-refractivity contribution in [1.29, 1.82) is 0 Å². The van der Waals surface area contributed by atoms with Crippen molar-refractivity contribution in [2.75, 3.05) is 13.7 Å². The minimum absolute atomic E-state index is 0.174. The molecule has 14 heavy (non-hydrogen) atoms. The highest BCUT2D eigenvalue weighted by molar-refractivity contribution is 6.34. The van der Waals surface area contributed by atoms with Gasteiger partial charge in [-0.25, -0.2) is 9.78 Å². The van der Waals surface area contributed by atoms with E-state index in [1.165, 1.54) is 19.4 Å². The van der Waals surface area contributed by atoms with Crippen LogP contribution >= 0.6 is 11.6 Å². The molecule has 0 N–H and O–H groups in total. The van der Waals surface area contributed by atoms with Crippen molar-refractivity contribution in [3.8, 4) is 5.88 Å². The average Bonchev–Trinajstić information content (AvgIpc) is 2.18. The van der Waals surface area contributed by atoms with Gasteiger partial charge < -0.3 is 9.47 Å². The Kier molecular flexibility index (Phi) is 3.71. The first-order chi connectivity index (χ1) is 6.70. The van der Waals surface area contributed by atoms with Gasteiger partial charge >= 0.3 is 5.97 Å². The fourth-order valence-corrected chi connectivity index (χ4v) is 1.20. The topological polar surface area (TPSA) is 48.4 Å². The number of methoxy groups -OCH3 is 1. The van der Waals surface area contributed by atoms with Crippen molar-refractivity contribution in [3.05, 3.63) is 22.8 Å². The lowest BCUT2D eigenvalue weighted by Gasteiger charge is -2.06. The van der Waals surface area contributed by atoms with E-state index in [-0.39, 0.29) is 16.5 Å². The number of halogens is 1. The monoisotopic (exact) mass is 215 g/mol. The number of nitrogens with zero attached hydrogens (tertiary/aromatic N) is 1. The largest absolute Gasteiger partial charge is 0.480 e. The Morgan fingerprint density at radius 3 is 2.93 bits per heavy atom. The molecule has 0 aliphatic carbocycles. The van der Waals surface area contributed by atoms with E-state index in [4.69, 9.17) is 21.1 Å². The van der Waals surface area contributed by atoms with E-state index >= 15 is 0 Å². The number of rotatable bonds is 3. The van der Waals surface area contributed by atoms with E-state index in [9.17, 15) is 4.79 Å². The van der Waals surface area contributed by atoms with E-state index in [1.54, 1.807) is 6.92 Å². The number of carbonyl (C=O) groups is 1. The molecule has 0 spiro atoms. The Morgan fingerprint density at radius 1 is 1.64 bits per heavy atom. The molecule has 0 saturated carbocycles. The molecular weight excluding hydrogens is 206 g/mol. The van der Waals surface area contributed by atoms with Gasteiger partial charge in [0.2, 0.25) is 5.88 Å². The number of ether oxygens (including phenoxy) is 2. The molecule has 0 radical (unpaired) electrons. The molecule has 1 heterocycles. The summed E-state index contributed by atoms with van der Waals surface area (Å²) in [5, 5.41) is 0.174. The predicted octanol–water partition coefficient (Wildman–Crippen LogP) is 1.92. The van der Waals surface area contributed by atoms with Gasteiger partial charge in [0.25, 0.3) is 0 Å². The number of hydrogen-bond acceptors (Lipinski definition) is 4. The van der Waals surface area contributed by atoms with Crippen LogP contribution in [0.1, 0.15) is 17.3 Å². The molecule has 0 amide bonds. The quantitative estimate of drug-likeness (QED) is 0.723. The number of hydrogen-bond donors (Lipinski definition) is 0. The lowest BCUT2D eigenvalue weighted by Crippen LogP contribution is -2.06. The first kappa shape index (κ1) is 10.8. The zero-order chi connectivity index (χ0) is 10.6. The third-order valence-corrected chi connectivity index (χ3v) is 1.91. The van der Waals surface area contributed by atoms with Crippen LogP contribution in [-0.2, 0) is 4.74 Å². The predicted molar refractivity (Wildman–Crippen MR) is 51.8 cm³/mol. The molecule has 1 aromatic rings. The summed E-state index contributed by atoms with van der Waals surface area (Å²) in [4.78, 5) is 15.2. The molecule has 1 aromatic heterocycles. The van der Waals surface area contributed by atoms with Crippen LogP contribution < -0.4 is 4.74 Å². The van der Waals surface area contributed by atoms with Gasteiger partial charge in [-0.2, -0.15) is 0 Å². The normalized spacial score (nSPS) is 9.64. The van der Waals surface area contributed by atoms with Crippen LogP contribution in [0.2, 0.25) is 5.02 Å². The number of aromatic nitrogens is 1. The molecule has 0 saturated heterocycles. The van der Waals surface area contributed by atoms with Gasteiger partial charge in [0.05, 0.1) is 19.3 Å². The molecule has 0 fully saturated rings. The third-order valence-electron chi connectivity index (χ3n) is 1.55. The molecule has 0 bridgehead atoms. The summed E-state index contributed by atoms with van der Waals surface area (Å²) in [6.07, 6.45) is 1.44. The summed E-state index contributed by atoms with van der Waals surface area (Å²) in [6.45, 7) is 2.03. The number of carbonyl (C=O) groups excluding carboxylic acids is 1. The number of pyridine rings is 1. The van der Waals surface area contributed by atoms with Gasteiger partial charge in [-0.3, -0.25) is 0 Å².